The molecule has 1 saturated carbocycles. The van der Waals surface area contributed by atoms with Gasteiger partial charge in [0.05, 0.1) is 40.8 Å². The van der Waals surface area contributed by atoms with E-state index in [0.29, 0.717) is 29.5 Å². The van der Waals surface area contributed by atoms with Crippen molar-refractivity contribution in [3.05, 3.63) is 57.2 Å². The normalized spacial score (nSPS) is 14.5. The van der Waals surface area contributed by atoms with Gasteiger partial charge in [-0.25, -0.2) is 13.9 Å². The monoisotopic (exact) mass is 503 g/mol. The number of phenolic OH excluding ortho intramolecular Hbond substituents is 1. The van der Waals surface area contributed by atoms with Crippen molar-refractivity contribution >= 4 is 23.2 Å². The molecule has 3 heterocycles. The number of aromatic nitrogens is 3. The number of hydrogen-bond donors (Lipinski definition) is 2. The number of carbonyl (C=O) groups excluding carboxylic acids is 1. The van der Waals surface area contributed by atoms with Gasteiger partial charge in [-0.15, -0.1) is 0 Å². The maximum Gasteiger partial charge on any atom is 0.258 e. The summed E-state index contributed by atoms with van der Waals surface area (Å²) in [5.74, 6) is -1.35. The quantitative estimate of drug-likeness (QED) is 0.486. The molecule has 3 aromatic rings. The second-order valence-corrected chi connectivity index (χ2v) is 9.04. The smallest absolute Gasteiger partial charge is 0.258 e. The molecule has 0 radical (unpaired) electrons. The third kappa shape index (κ3) is 5.76. The number of halogens is 2. The minimum Gasteiger partial charge on any atom is -0.507 e. The predicted octanol–water partition coefficient (Wildman–Crippen LogP) is 5.56. The summed E-state index contributed by atoms with van der Waals surface area (Å²) in [6.45, 7) is 11.7. The third-order valence-corrected chi connectivity index (χ3v) is 6.77. The van der Waals surface area contributed by atoms with Crippen LogP contribution in [0.4, 0.5) is 4.39 Å². The van der Waals surface area contributed by atoms with Crippen LogP contribution < -0.4 is 5.32 Å². The van der Waals surface area contributed by atoms with Gasteiger partial charge in [0, 0.05) is 17.7 Å². The molecule has 2 N–H and O–H groups in total. The van der Waals surface area contributed by atoms with E-state index in [-0.39, 0.29) is 17.2 Å². The zero-order valence-corrected chi connectivity index (χ0v) is 21.9. The van der Waals surface area contributed by atoms with Crippen molar-refractivity contribution in [1.29, 1.82) is 0 Å². The van der Waals surface area contributed by atoms with E-state index < -0.39 is 5.82 Å². The van der Waals surface area contributed by atoms with Crippen molar-refractivity contribution in [3.8, 4) is 5.75 Å². The molecule has 1 aliphatic carbocycles. The van der Waals surface area contributed by atoms with E-state index >= 15 is 0 Å². The van der Waals surface area contributed by atoms with Crippen molar-refractivity contribution in [1.82, 2.24) is 24.8 Å². The summed E-state index contributed by atoms with van der Waals surface area (Å²) in [6, 6.07) is 4.24. The Bertz CT molecular complexity index is 1190. The fourth-order valence-electron chi connectivity index (χ4n) is 4.07. The van der Waals surface area contributed by atoms with E-state index in [4.69, 9.17) is 11.6 Å². The number of aromatic hydroxyl groups is 1. The molecule has 7 nitrogen and oxygen atoms in total. The van der Waals surface area contributed by atoms with E-state index in [1.807, 2.05) is 27.7 Å². The van der Waals surface area contributed by atoms with Crippen LogP contribution in [0.5, 0.6) is 5.75 Å². The van der Waals surface area contributed by atoms with Gasteiger partial charge < -0.3 is 15.3 Å². The largest absolute Gasteiger partial charge is 0.507 e. The summed E-state index contributed by atoms with van der Waals surface area (Å²) in [5, 5.41) is 18.4. The van der Waals surface area contributed by atoms with Crippen LogP contribution >= 0.6 is 11.6 Å². The van der Waals surface area contributed by atoms with Crippen LogP contribution in [0.1, 0.15) is 79.5 Å². The number of nitrogens with one attached hydrogen (secondary N) is 1. The molecule has 0 unspecified atom stereocenters. The average molecular weight is 504 g/mol. The topological polar surface area (TPSA) is 82.8 Å². The number of rotatable bonds is 4. The lowest BCUT2D eigenvalue weighted by atomic mass is 9.93. The summed E-state index contributed by atoms with van der Waals surface area (Å²) in [6.07, 6.45) is 5.55. The van der Waals surface area contributed by atoms with E-state index in [2.05, 4.69) is 22.3 Å². The molecular weight excluding hydrogens is 469 g/mol. The van der Waals surface area contributed by atoms with Gasteiger partial charge in [-0.2, -0.15) is 5.10 Å². The second kappa shape index (κ2) is 11.8. The zero-order chi connectivity index (χ0) is 25.7. The number of amides is 1. The van der Waals surface area contributed by atoms with E-state index in [1.165, 1.54) is 38.3 Å². The van der Waals surface area contributed by atoms with Gasteiger partial charge >= 0.3 is 0 Å². The predicted molar refractivity (Wildman–Crippen MR) is 136 cm³/mol. The highest BCUT2D eigenvalue weighted by Crippen LogP contribution is 2.31. The lowest BCUT2D eigenvalue weighted by Gasteiger charge is -2.26. The van der Waals surface area contributed by atoms with E-state index in [0.717, 1.165) is 35.1 Å². The van der Waals surface area contributed by atoms with Crippen LogP contribution in [0.2, 0.25) is 5.02 Å². The number of nitrogens with zero attached hydrogens (tertiary/aromatic N) is 4. The number of phenols is 1. The zero-order valence-electron chi connectivity index (χ0n) is 21.2. The Kier molecular flexibility index (Phi) is 9.08. The minimum absolute atomic E-state index is 0.0619. The van der Waals surface area contributed by atoms with Crippen molar-refractivity contribution in [3.63, 3.8) is 0 Å². The first-order chi connectivity index (χ1) is 16.8. The highest BCUT2D eigenvalue weighted by molar-refractivity contribution is 6.31. The Hall–Kier alpha value is -2.71. The highest BCUT2D eigenvalue weighted by atomic mass is 35.5. The first kappa shape index (κ1) is 26.9. The molecule has 0 saturated heterocycles. The number of aryl methyl sites for hydroxylation is 2. The van der Waals surface area contributed by atoms with Crippen LogP contribution in [0.3, 0.4) is 0 Å². The van der Waals surface area contributed by atoms with Gasteiger partial charge in [0.15, 0.2) is 5.65 Å². The van der Waals surface area contributed by atoms with Crippen molar-refractivity contribution < 1.29 is 14.3 Å². The molecule has 1 aliphatic heterocycles. The van der Waals surface area contributed by atoms with Gasteiger partial charge in [0.25, 0.3) is 5.91 Å². The first-order valence-electron chi connectivity index (χ1n) is 12.3. The Balaban J connectivity index is 0.000000289. The van der Waals surface area contributed by atoms with Crippen molar-refractivity contribution in [2.45, 2.75) is 79.4 Å². The van der Waals surface area contributed by atoms with Crippen LogP contribution in [-0.2, 0) is 13.1 Å². The fourth-order valence-corrected chi connectivity index (χ4v) is 4.20. The Morgan fingerprint density at radius 1 is 1.26 bits per heavy atom. The van der Waals surface area contributed by atoms with Crippen LogP contribution in [0.15, 0.2) is 18.2 Å². The van der Waals surface area contributed by atoms with Crippen molar-refractivity contribution in [2.75, 3.05) is 6.54 Å². The average Bonchev–Trinajstić information content (AvgIpc) is 3.37. The number of carbonyl (C=O) groups is 1. The highest BCUT2D eigenvalue weighted by Gasteiger charge is 2.31. The van der Waals surface area contributed by atoms with Crippen LogP contribution in [0.25, 0.3) is 5.65 Å². The molecule has 2 aliphatic rings. The molecule has 9 heteroatoms. The molecule has 1 aromatic carbocycles. The lowest BCUT2D eigenvalue weighted by molar-refractivity contribution is 0.0746. The van der Waals surface area contributed by atoms with Gasteiger partial charge in [0.1, 0.15) is 11.6 Å². The number of hydrogen-bond acceptors (Lipinski definition) is 5. The summed E-state index contributed by atoms with van der Waals surface area (Å²) < 4.78 is 14.8. The molecule has 0 bridgehead atoms. The standard InChI is InChI=1S/C17H14ClFN4O2.C7H15N.C2H6/c1-8-15(18)9(2)23-16(20-8)12-6-22(7-13(12)21-23)17(25)11-4-3-10(19)5-14(11)24;1-2-6-8-7-4-3-5-7;1-2/h3-5,24H,6-7H2,1-2H3;7-8H,2-6H2,1H3;1-2H3. The SMILES string of the molecule is CC.CCCNC1CCC1.Cc1nc2c3c(nn2c(C)c1Cl)CN(C(=O)c1ccc(F)cc1O)C3. The van der Waals surface area contributed by atoms with Gasteiger partial charge in [-0.3, -0.25) is 4.79 Å². The number of benzene rings is 1. The van der Waals surface area contributed by atoms with Crippen molar-refractivity contribution in [2.24, 2.45) is 0 Å². The van der Waals surface area contributed by atoms with Gasteiger partial charge in [0.2, 0.25) is 0 Å². The first-order valence-corrected chi connectivity index (χ1v) is 12.7. The Labute approximate surface area is 211 Å². The Morgan fingerprint density at radius 2 is 1.97 bits per heavy atom. The lowest BCUT2D eigenvalue weighted by Crippen LogP contribution is -2.35. The summed E-state index contributed by atoms with van der Waals surface area (Å²) in [4.78, 5) is 18.7. The minimum atomic E-state index is -0.594. The summed E-state index contributed by atoms with van der Waals surface area (Å²) in [5.41, 5.74) is 3.84. The second-order valence-electron chi connectivity index (χ2n) is 8.66. The maximum absolute atomic E-state index is 13.1. The molecule has 0 atom stereocenters. The molecule has 0 spiro atoms. The molecule has 2 aromatic heterocycles. The van der Waals surface area contributed by atoms with Gasteiger partial charge in [-0.05, 0) is 51.8 Å². The molecule has 190 valence electrons. The maximum atomic E-state index is 13.1. The molecule has 1 fully saturated rings. The van der Waals surface area contributed by atoms with E-state index in [1.54, 1.807) is 9.42 Å². The van der Waals surface area contributed by atoms with Crippen LogP contribution in [-0.4, -0.2) is 43.1 Å². The molecule has 1 amide bonds. The van der Waals surface area contributed by atoms with Gasteiger partial charge in [-0.1, -0.05) is 38.8 Å². The molecule has 35 heavy (non-hydrogen) atoms. The molecule has 5 rings (SSSR count). The molecular formula is C26H35ClFN5O2. The summed E-state index contributed by atoms with van der Waals surface area (Å²) in [7, 11) is 0. The fraction of sp³-hybridized carbons (Fsp3) is 0.500. The van der Waals surface area contributed by atoms with E-state index in [9.17, 15) is 14.3 Å². The van der Waals surface area contributed by atoms with Crippen LogP contribution in [0, 0.1) is 19.7 Å². The Morgan fingerprint density at radius 3 is 2.57 bits per heavy atom. The third-order valence-electron chi connectivity index (χ3n) is 6.22. The number of fused-ring (bicyclic) bond motifs is 3. The summed E-state index contributed by atoms with van der Waals surface area (Å²) >= 11 is 6.22.